The lowest BCUT2D eigenvalue weighted by atomic mass is 9.88. The zero-order valence-electron chi connectivity index (χ0n) is 20.5. The van der Waals surface area contributed by atoms with Gasteiger partial charge in [-0.1, -0.05) is 13.0 Å². The molecular weight excluding hydrogens is 454 g/mol. The van der Waals surface area contributed by atoms with Crippen LogP contribution in [-0.4, -0.2) is 57.8 Å². The van der Waals surface area contributed by atoms with Gasteiger partial charge in [0.1, 0.15) is 11.8 Å². The number of hydrogen-bond acceptors (Lipinski definition) is 5. The van der Waals surface area contributed by atoms with Crippen molar-refractivity contribution in [2.75, 3.05) is 36.4 Å². The number of nitrogens with one attached hydrogen (secondary N) is 3. The molecule has 9 heteroatoms. The van der Waals surface area contributed by atoms with Crippen LogP contribution in [0.2, 0.25) is 0 Å². The largest absolute Gasteiger partial charge is 0.370 e. The monoisotopic (exact) mass is 485 g/mol. The van der Waals surface area contributed by atoms with Crippen molar-refractivity contribution >= 4 is 23.2 Å². The first-order valence-corrected chi connectivity index (χ1v) is 12.6. The van der Waals surface area contributed by atoms with Crippen LogP contribution in [0.3, 0.4) is 0 Å². The van der Waals surface area contributed by atoms with Crippen molar-refractivity contribution in [2.24, 2.45) is 5.92 Å². The summed E-state index contributed by atoms with van der Waals surface area (Å²) in [6.07, 6.45) is 8.80. The Kier molecular flexibility index (Phi) is 6.76. The summed E-state index contributed by atoms with van der Waals surface area (Å²) in [7, 11) is 0. The van der Waals surface area contributed by atoms with E-state index in [1.54, 1.807) is 18.5 Å². The predicted molar refractivity (Wildman–Crippen MR) is 137 cm³/mol. The molecule has 0 spiro atoms. The van der Waals surface area contributed by atoms with Gasteiger partial charge >= 0.3 is 0 Å². The second kappa shape index (κ2) is 10.3. The van der Waals surface area contributed by atoms with Crippen LogP contribution >= 0.6 is 0 Å². The minimum atomic E-state index is -0.263. The Morgan fingerprint density at radius 3 is 2.53 bits per heavy atom. The number of carbonyl (C=O) groups is 2. The highest BCUT2D eigenvalue weighted by Crippen LogP contribution is 2.36. The summed E-state index contributed by atoms with van der Waals surface area (Å²) < 4.78 is 0. The zero-order chi connectivity index (χ0) is 25.1. The maximum absolute atomic E-state index is 12.9. The summed E-state index contributed by atoms with van der Waals surface area (Å²) >= 11 is 0. The van der Waals surface area contributed by atoms with Crippen molar-refractivity contribution in [3.05, 3.63) is 65.5 Å². The number of nitrogens with zero attached hydrogens (tertiary/aromatic N) is 4. The highest BCUT2D eigenvalue weighted by molar-refractivity contribution is 6.05. The molecule has 2 aliphatic heterocycles. The standard InChI is InChI=1S/C27H31N7O2/c1-18-4-10-33(11-5-18)24-15-21(2-3-22(24)32-26(35)23-14-19(16-28)17-31-23)20-6-12-34(13-7-20)27(36)25-29-8-9-30-25/h2-3,8-9,14-15,17-18,20,31H,4-7,10-13H2,1H3,(H,29,30)(H,32,35). The number of aromatic amines is 2. The van der Waals surface area contributed by atoms with Gasteiger partial charge in [-0.3, -0.25) is 9.59 Å². The molecule has 0 unspecified atom stereocenters. The Morgan fingerprint density at radius 1 is 1.08 bits per heavy atom. The van der Waals surface area contributed by atoms with Gasteiger partial charge in [-0.2, -0.15) is 5.26 Å². The summed E-state index contributed by atoms with van der Waals surface area (Å²) in [5.41, 5.74) is 3.84. The average molecular weight is 486 g/mol. The number of H-pyrrole nitrogens is 2. The first-order chi connectivity index (χ1) is 17.5. The van der Waals surface area contributed by atoms with E-state index in [1.807, 2.05) is 17.0 Å². The fourth-order valence-electron chi connectivity index (χ4n) is 5.15. The van der Waals surface area contributed by atoms with Gasteiger partial charge in [-0.25, -0.2) is 4.98 Å². The Balaban J connectivity index is 1.34. The maximum Gasteiger partial charge on any atom is 0.289 e. The summed E-state index contributed by atoms with van der Waals surface area (Å²) in [4.78, 5) is 39.6. The number of anilines is 2. The smallest absolute Gasteiger partial charge is 0.289 e. The highest BCUT2D eigenvalue weighted by atomic mass is 16.2. The van der Waals surface area contributed by atoms with E-state index in [0.717, 1.165) is 50.1 Å². The first kappa shape index (κ1) is 23.7. The van der Waals surface area contributed by atoms with Crippen LogP contribution in [0.1, 0.15) is 70.8 Å². The van der Waals surface area contributed by atoms with Crippen LogP contribution < -0.4 is 10.2 Å². The molecule has 0 radical (unpaired) electrons. The Labute approximate surface area is 210 Å². The Hall–Kier alpha value is -4.06. The van der Waals surface area contributed by atoms with Crippen molar-refractivity contribution in [3.8, 4) is 6.07 Å². The molecule has 0 bridgehead atoms. The number of piperidine rings is 2. The normalized spacial score (nSPS) is 17.1. The molecule has 0 aliphatic carbocycles. The van der Waals surface area contributed by atoms with Gasteiger partial charge in [-0.15, -0.1) is 0 Å². The van der Waals surface area contributed by atoms with E-state index in [1.165, 1.54) is 11.8 Å². The average Bonchev–Trinajstić information content (AvgIpc) is 3.62. The van der Waals surface area contributed by atoms with Gasteiger partial charge in [0.25, 0.3) is 11.8 Å². The molecule has 2 amide bonds. The third-order valence-corrected chi connectivity index (χ3v) is 7.41. The molecule has 2 aliphatic rings. The summed E-state index contributed by atoms with van der Waals surface area (Å²) in [5, 5.41) is 12.1. The lowest BCUT2D eigenvalue weighted by molar-refractivity contribution is 0.0701. The SMILES string of the molecule is CC1CCN(c2cc(C3CCN(C(=O)c4ncc[nH]4)CC3)ccc2NC(=O)c2cc(C#N)c[nH]2)CC1. The molecule has 3 N–H and O–H groups in total. The van der Waals surface area contributed by atoms with Gasteiger partial charge in [0, 0.05) is 44.8 Å². The Morgan fingerprint density at radius 2 is 1.86 bits per heavy atom. The number of imidazole rings is 1. The lowest BCUT2D eigenvalue weighted by Gasteiger charge is -2.35. The lowest BCUT2D eigenvalue weighted by Crippen LogP contribution is -2.38. The molecule has 186 valence electrons. The molecule has 5 rings (SSSR count). The number of rotatable bonds is 5. The van der Waals surface area contributed by atoms with Crippen molar-refractivity contribution in [1.29, 1.82) is 5.26 Å². The van der Waals surface area contributed by atoms with Crippen LogP contribution in [0, 0.1) is 17.2 Å². The van der Waals surface area contributed by atoms with Crippen LogP contribution in [-0.2, 0) is 0 Å². The van der Waals surface area contributed by atoms with Crippen molar-refractivity contribution in [3.63, 3.8) is 0 Å². The number of hydrogen-bond donors (Lipinski definition) is 3. The third-order valence-electron chi connectivity index (χ3n) is 7.41. The van der Waals surface area contributed by atoms with Gasteiger partial charge in [-0.05, 0) is 61.3 Å². The molecule has 36 heavy (non-hydrogen) atoms. The summed E-state index contributed by atoms with van der Waals surface area (Å²) in [6.45, 7) is 5.56. The fraction of sp³-hybridized carbons (Fsp3) is 0.407. The minimum absolute atomic E-state index is 0.0523. The maximum atomic E-state index is 12.9. The molecule has 3 aromatic rings. The molecule has 1 aromatic carbocycles. The molecular formula is C27H31N7O2. The quantitative estimate of drug-likeness (QED) is 0.502. The number of aromatic nitrogens is 3. The van der Waals surface area contributed by atoms with E-state index in [4.69, 9.17) is 5.26 Å². The van der Waals surface area contributed by atoms with E-state index >= 15 is 0 Å². The van der Waals surface area contributed by atoms with Gasteiger partial charge in [0.05, 0.1) is 16.9 Å². The predicted octanol–water partition coefficient (Wildman–Crippen LogP) is 4.12. The van der Waals surface area contributed by atoms with Gasteiger partial charge in [0.2, 0.25) is 0 Å². The number of likely N-dealkylation sites (tertiary alicyclic amines) is 1. The Bertz CT molecular complexity index is 1260. The number of amides is 2. The van der Waals surface area contributed by atoms with Crippen molar-refractivity contribution in [1.82, 2.24) is 19.9 Å². The van der Waals surface area contributed by atoms with Crippen LogP contribution in [0.4, 0.5) is 11.4 Å². The topological polar surface area (TPSA) is 121 Å². The molecule has 0 atom stereocenters. The van der Waals surface area contributed by atoms with E-state index in [9.17, 15) is 9.59 Å². The molecule has 2 fully saturated rings. The molecule has 9 nitrogen and oxygen atoms in total. The number of carbonyl (C=O) groups excluding carboxylic acids is 2. The molecule has 2 aromatic heterocycles. The second-order valence-electron chi connectivity index (χ2n) is 9.82. The van der Waals surface area contributed by atoms with Gasteiger partial charge in [0.15, 0.2) is 5.82 Å². The molecule has 4 heterocycles. The van der Waals surface area contributed by atoms with Crippen molar-refractivity contribution in [2.45, 2.75) is 38.5 Å². The minimum Gasteiger partial charge on any atom is -0.370 e. The van der Waals surface area contributed by atoms with Crippen LogP contribution in [0.5, 0.6) is 0 Å². The fourth-order valence-corrected chi connectivity index (χ4v) is 5.15. The number of benzene rings is 1. The number of nitriles is 1. The summed E-state index contributed by atoms with van der Waals surface area (Å²) in [5.74, 6) is 1.12. The van der Waals surface area contributed by atoms with Crippen LogP contribution in [0.15, 0.2) is 42.9 Å². The zero-order valence-corrected chi connectivity index (χ0v) is 20.5. The van der Waals surface area contributed by atoms with Crippen LogP contribution in [0.25, 0.3) is 0 Å². The highest BCUT2D eigenvalue weighted by Gasteiger charge is 2.27. The molecule has 2 saturated heterocycles. The van der Waals surface area contributed by atoms with Crippen molar-refractivity contribution < 1.29 is 9.59 Å². The molecule has 0 saturated carbocycles. The second-order valence-corrected chi connectivity index (χ2v) is 9.82. The summed E-state index contributed by atoms with van der Waals surface area (Å²) in [6, 6.07) is 9.91. The van der Waals surface area contributed by atoms with Gasteiger partial charge < -0.3 is 25.1 Å². The van der Waals surface area contributed by atoms with E-state index in [2.05, 4.69) is 44.2 Å². The first-order valence-electron chi connectivity index (χ1n) is 12.6. The van der Waals surface area contributed by atoms with E-state index in [-0.39, 0.29) is 11.8 Å². The van der Waals surface area contributed by atoms with E-state index < -0.39 is 0 Å². The van der Waals surface area contributed by atoms with E-state index in [0.29, 0.717) is 42.0 Å². The third kappa shape index (κ3) is 4.98.